The highest BCUT2D eigenvalue weighted by molar-refractivity contribution is 7.89. The van der Waals surface area contributed by atoms with Gasteiger partial charge in [-0.3, -0.25) is 5.32 Å². The van der Waals surface area contributed by atoms with Crippen molar-refractivity contribution >= 4 is 10.0 Å². The standard InChI is InChI=1S/C34H32N2O4S/c37-26-30(25-35-41(38,39)33-23-21-32(22-24-33)40-31-19-11-4-12-20-31)36-34(27-13-5-1-6-14-27,28-15-7-2-8-16-28)29-17-9-3-10-18-29/h1-24,30,35-37H,25-26H2/t30-/m0/s1. The van der Waals surface area contributed by atoms with Gasteiger partial charge in [-0.2, -0.15) is 0 Å². The molecule has 0 aliphatic carbocycles. The highest BCUT2D eigenvalue weighted by Gasteiger charge is 2.38. The van der Waals surface area contributed by atoms with Gasteiger partial charge in [-0.15, -0.1) is 0 Å². The Kier molecular flexibility index (Phi) is 8.91. The molecule has 0 saturated heterocycles. The van der Waals surface area contributed by atoms with E-state index in [4.69, 9.17) is 4.74 Å². The molecule has 208 valence electrons. The Hall–Kier alpha value is -4.27. The van der Waals surface area contributed by atoms with Crippen LogP contribution in [-0.2, 0) is 15.6 Å². The second-order valence-electron chi connectivity index (χ2n) is 9.61. The first kappa shape index (κ1) is 28.3. The molecule has 5 aromatic carbocycles. The number of sulfonamides is 1. The van der Waals surface area contributed by atoms with Gasteiger partial charge >= 0.3 is 0 Å². The minimum Gasteiger partial charge on any atom is -0.457 e. The zero-order valence-corrected chi connectivity index (χ0v) is 23.2. The molecule has 1 atom stereocenters. The van der Waals surface area contributed by atoms with E-state index in [9.17, 15) is 13.5 Å². The van der Waals surface area contributed by atoms with Crippen molar-refractivity contribution in [1.29, 1.82) is 0 Å². The first-order valence-electron chi connectivity index (χ1n) is 13.4. The third-order valence-electron chi connectivity index (χ3n) is 6.89. The van der Waals surface area contributed by atoms with E-state index in [2.05, 4.69) is 10.0 Å². The van der Waals surface area contributed by atoms with Crippen LogP contribution in [0.2, 0.25) is 0 Å². The van der Waals surface area contributed by atoms with Gasteiger partial charge in [0.25, 0.3) is 0 Å². The van der Waals surface area contributed by atoms with Crippen molar-refractivity contribution in [1.82, 2.24) is 10.0 Å². The zero-order chi connectivity index (χ0) is 28.5. The van der Waals surface area contributed by atoms with E-state index >= 15 is 0 Å². The van der Waals surface area contributed by atoms with E-state index < -0.39 is 21.6 Å². The molecule has 0 unspecified atom stereocenters. The normalized spacial score (nSPS) is 12.5. The summed E-state index contributed by atoms with van der Waals surface area (Å²) in [6.07, 6.45) is 0. The molecule has 0 aliphatic rings. The highest BCUT2D eigenvalue weighted by Crippen LogP contribution is 2.37. The molecule has 6 nitrogen and oxygen atoms in total. The summed E-state index contributed by atoms with van der Waals surface area (Å²) in [6.45, 7) is -0.323. The third-order valence-corrected chi connectivity index (χ3v) is 8.33. The molecule has 0 bridgehead atoms. The maximum Gasteiger partial charge on any atom is 0.240 e. The summed E-state index contributed by atoms with van der Waals surface area (Å²) >= 11 is 0. The summed E-state index contributed by atoms with van der Waals surface area (Å²) in [5, 5.41) is 14.1. The average molecular weight is 565 g/mol. The lowest BCUT2D eigenvalue weighted by Gasteiger charge is -2.40. The number of ether oxygens (including phenoxy) is 1. The van der Waals surface area contributed by atoms with Crippen molar-refractivity contribution in [3.05, 3.63) is 162 Å². The highest BCUT2D eigenvalue weighted by atomic mass is 32.2. The first-order chi connectivity index (χ1) is 20.0. The fourth-order valence-electron chi connectivity index (χ4n) is 4.89. The molecule has 7 heteroatoms. The summed E-state index contributed by atoms with van der Waals surface area (Å²) in [5.41, 5.74) is 2.05. The molecule has 0 aromatic heterocycles. The summed E-state index contributed by atoms with van der Waals surface area (Å²) in [5.74, 6) is 1.19. The van der Waals surface area contributed by atoms with Gasteiger partial charge in [-0.1, -0.05) is 109 Å². The average Bonchev–Trinajstić information content (AvgIpc) is 3.03. The van der Waals surface area contributed by atoms with Crippen LogP contribution < -0.4 is 14.8 Å². The molecule has 3 N–H and O–H groups in total. The molecule has 5 aromatic rings. The zero-order valence-electron chi connectivity index (χ0n) is 22.4. The van der Waals surface area contributed by atoms with Crippen LogP contribution in [0, 0.1) is 0 Å². The van der Waals surface area contributed by atoms with E-state index in [1.807, 2.05) is 121 Å². The molecule has 41 heavy (non-hydrogen) atoms. The van der Waals surface area contributed by atoms with E-state index in [0.717, 1.165) is 16.7 Å². The van der Waals surface area contributed by atoms with Gasteiger partial charge in [-0.05, 0) is 53.1 Å². The molecule has 0 heterocycles. The van der Waals surface area contributed by atoms with E-state index in [1.54, 1.807) is 12.1 Å². The van der Waals surface area contributed by atoms with Gasteiger partial charge < -0.3 is 9.84 Å². The number of hydrogen-bond acceptors (Lipinski definition) is 5. The maximum atomic E-state index is 13.2. The quantitative estimate of drug-likeness (QED) is 0.169. The Morgan fingerprint density at radius 2 is 1.02 bits per heavy atom. The van der Waals surface area contributed by atoms with Crippen LogP contribution in [-0.4, -0.2) is 32.7 Å². The van der Waals surface area contributed by atoms with Crippen LogP contribution in [0.1, 0.15) is 16.7 Å². The third kappa shape index (κ3) is 6.56. The van der Waals surface area contributed by atoms with Crippen molar-refractivity contribution in [3.63, 3.8) is 0 Å². The lowest BCUT2D eigenvalue weighted by Crippen LogP contribution is -2.54. The van der Waals surface area contributed by atoms with Crippen LogP contribution in [0.5, 0.6) is 11.5 Å². The molecule has 0 aliphatic heterocycles. The molecule has 0 amide bonds. The number of aliphatic hydroxyl groups is 1. The number of benzene rings is 5. The smallest absolute Gasteiger partial charge is 0.240 e. The van der Waals surface area contributed by atoms with Crippen molar-refractivity contribution in [2.75, 3.05) is 13.2 Å². The molecule has 0 spiro atoms. The minimum absolute atomic E-state index is 0.0324. The minimum atomic E-state index is -3.86. The van der Waals surface area contributed by atoms with Crippen LogP contribution in [0.3, 0.4) is 0 Å². The number of rotatable bonds is 12. The molecule has 0 fully saturated rings. The Morgan fingerprint density at radius 3 is 1.46 bits per heavy atom. The summed E-state index contributed by atoms with van der Waals surface area (Å²) in [7, 11) is -3.86. The van der Waals surface area contributed by atoms with Crippen LogP contribution in [0.25, 0.3) is 0 Å². The summed E-state index contributed by atoms with van der Waals surface area (Å²) in [4.78, 5) is 0.107. The molecular formula is C34H32N2O4S. The largest absolute Gasteiger partial charge is 0.457 e. The predicted octanol–water partition coefficient (Wildman–Crippen LogP) is 5.70. The van der Waals surface area contributed by atoms with E-state index in [1.165, 1.54) is 12.1 Å². The van der Waals surface area contributed by atoms with Crippen molar-refractivity contribution < 1.29 is 18.3 Å². The van der Waals surface area contributed by atoms with Crippen LogP contribution in [0.4, 0.5) is 0 Å². The van der Waals surface area contributed by atoms with Gasteiger partial charge in [0, 0.05) is 12.6 Å². The summed E-state index contributed by atoms with van der Waals surface area (Å²) < 4.78 is 34.9. The predicted molar refractivity (Wildman–Crippen MR) is 161 cm³/mol. The second kappa shape index (κ2) is 12.9. The topological polar surface area (TPSA) is 87.7 Å². The van der Waals surface area contributed by atoms with Gasteiger partial charge in [0.1, 0.15) is 11.5 Å². The Balaban J connectivity index is 1.40. The molecule has 0 saturated carbocycles. The molecule has 5 rings (SSSR count). The monoisotopic (exact) mass is 564 g/mol. The number of hydrogen-bond donors (Lipinski definition) is 3. The number of aliphatic hydroxyl groups excluding tert-OH is 1. The molecule has 0 radical (unpaired) electrons. The van der Waals surface area contributed by atoms with Crippen LogP contribution in [0.15, 0.2) is 150 Å². The number of para-hydroxylation sites is 1. The first-order valence-corrected chi connectivity index (χ1v) is 14.9. The summed E-state index contributed by atoms with van der Waals surface area (Å²) in [6, 6.07) is 44.8. The van der Waals surface area contributed by atoms with Crippen LogP contribution >= 0.6 is 0 Å². The maximum absolute atomic E-state index is 13.2. The van der Waals surface area contributed by atoms with Gasteiger partial charge in [0.05, 0.1) is 17.0 Å². The lowest BCUT2D eigenvalue weighted by molar-refractivity contribution is 0.222. The van der Waals surface area contributed by atoms with Gasteiger partial charge in [0.2, 0.25) is 10.0 Å². The van der Waals surface area contributed by atoms with Gasteiger partial charge in [0.15, 0.2) is 0 Å². The van der Waals surface area contributed by atoms with Crippen molar-refractivity contribution in [2.45, 2.75) is 16.5 Å². The number of nitrogens with one attached hydrogen (secondary N) is 2. The van der Waals surface area contributed by atoms with E-state index in [-0.39, 0.29) is 18.0 Å². The second-order valence-corrected chi connectivity index (χ2v) is 11.4. The fraction of sp³-hybridized carbons (Fsp3) is 0.118. The Morgan fingerprint density at radius 1 is 0.610 bits per heavy atom. The Labute approximate surface area is 241 Å². The van der Waals surface area contributed by atoms with Gasteiger partial charge in [-0.25, -0.2) is 13.1 Å². The van der Waals surface area contributed by atoms with E-state index in [0.29, 0.717) is 11.5 Å². The van der Waals surface area contributed by atoms with Crippen molar-refractivity contribution in [2.24, 2.45) is 0 Å². The molecular weight excluding hydrogens is 532 g/mol. The van der Waals surface area contributed by atoms with Crippen molar-refractivity contribution in [3.8, 4) is 11.5 Å². The lowest BCUT2D eigenvalue weighted by atomic mass is 9.76. The Bertz CT molecular complexity index is 1520. The fourth-order valence-corrected chi connectivity index (χ4v) is 5.97. The SMILES string of the molecule is O=S(=O)(NC[C@@H](CO)NC(c1ccccc1)(c1ccccc1)c1ccccc1)c1ccc(Oc2ccccc2)cc1.